The van der Waals surface area contributed by atoms with Crippen molar-refractivity contribution in [2.75, 3.05) is 30.7 Å². The lowest BCUT2D eigenvalue weighted by Crippen LogP contribution is -2.35. The third-order valence-corrected chi connectivity index (χ3v) is 7.40. The van der Waals surface area contributed by atoms with Crippen LogP contribution in [0, 0.1) is 37.0 Å². The van der Waals surface area contributed by atoms with E-state index in [2.05, 4.69) is 6.07 Å². The summed E-state index contributed by atoms with van der Waals surface area (Å²) in [6, 6.07) is 12.4. The predicted molar refractivity (Wildman–Crippen MR) is 125 cm³/mol. The Morgan fingerprint density at radius 2 is 1.88 bits per heavy atom. The Hall–Kier alpha value is -2.56. The van der Waals surface area contributed by atoms with Crippen LogP contribution in [0.25, 0.3) is 0 Å². The van der Waals surface area contributed by atoms with Crippen LogP contribution >= 0.6 is 0 Å². The first-order valence-electron chi connectivity index (χ1n) is 11.1. The number of hydrogen-bond acceptors (Lipinski definition) is 5. The third-order valence-electron chi connectivity index (χ3n) is 5.63. The fourth-order valence-corrected chi connectivity index (χ4v) is 5.59. The summed E-state index contributed by atoms with van der Waals surface area (Å²) in [6.07, 6.45) is 1.85. The first kappa shape index (κ1) is 24.1. The fourth-order valence-electron chi connectivity index (χ4n) is 3.87. The van der Waals surface area contributed by atoms with Crippen molar-refractivity contribution in [2.24, 2.45) is 11.8 Å². The summed E-state index contributed by atoms with van der Waals surface area (Å²) in [7, 11) is -3.86. The highest BCUT2D eigenvalue weighted by Gasteiger charge is 2.28. The molecule has 0 unspecified atom stereocenters. The van der Waals surface area contributed by atoms with Gasteiger partial charge in [-0.15, -0.1) is 0 Å². The van der Waals surface area contributed by atoms with E-state index in [1.54, 1.807) is 6.07 Å². The largest absolute Gasteiger partial charge is 0.492 e. The van der Waals surface area contributed by atoms with E-state index in [1.807, 2.05) is 45.9 Å². The normalized spacial score (nSPS) is 14.9. The highest BCUT2D eigenvalue weighted by molar-refractivity contribution is 7.92. The monoisotopic (exact) mass is 456 g/mol. The molecule has 0 saturated carbocycles. The summed E-state index contributed by atoms with van der Waals surface area (Å²) in [5.41, 5.74) is 2.85. The summed E-state index contributed by atoms with van der Waals surface area (Å²) in [6.45, 7) is 10.2. The van der Waals surface area contributed by atoms with Gasteiger partial charge >= 0.3 is 0 Å². The molecular formula is C25H32N2O4S. The van der Waals surface area contributed by atoms with Gasteiger partial charge in [0.2, 0.25) is 0 Å². The van der Waals surface area contributed by atoms with Gasteiger partial charge in [0.05, 0.1) is 22.8 Å². The minimum absolute atomic E-state index is 0.0908. The third kappa shape index (κ3) is 5.62. The maximum absolute atomic E-state index is 13.7. The summed E-state index contributed by atoms with van der Waals surface area (Å²) >= 11 is 0. The van der Waals surface area contributed by atoms with Crippen molar-refractivity contribution in [3.05, 3.63) is 53.1 Å². The molecule has 2 aromatic carbocycles. The Kier molecular flexibility index (Phi) is 7.81. The summed E-state index contributed by atoms with van der Waals surface area (Å²) in [5, 5.41) is 9.66. The zero-order valence-corrected chi connectivity index (χ0v) is 20.1. The van der Waals surface area contributed by atoms with Crippen molar-refractivity contribution >= 4 is 15.7 Å². The first-order chi connectivity index (χ1) is 15.2. The van der Waals surface area contributed by atoms with E-state index in [4.69, 9.17) is 9.47 Å². The quantitative estimate of drug-likeness (QED) is 0.568. The molecule has 32 heavy (non-hydrogen) atoms. The molecule has 0 aliphatic carbocycles. The molecule has 172 valence electrons. The number of hydrogen-bond donors (Lipinski definition) is 0. The molecule has 6 nitrogen and oxygen atoms in total. The second kappa shape index (κ2) is 10.4. The molecule has 1 saturated heterocycles. The maximum Gasteiger partial charge on any atom is 0.264 e. The molecule has 0 atom stereocenters. The van der Waals surface area contributed by atoms with E-state index in [-0.39, 0.29) is 16.4 Å². The molecule has 1 heterocycles. The number of benzene rings is 2. The smallest absolute Gasteiger partial charge is 0.264 e. The zero-order valence-electron chi connectivity index (χ0n) is 19.3. The van der Waals surface area contributed by atoms with Crippen molar-refractivity contribution in [2.45, 2.75) is 45.4 Å². The lowest BCUT2D eigenvalue weighted by atomic mass is 10.0. The van der Waals surface area contributed by atoms with Gasteiger partial charge in [-0.2, -0.15) is 5.26 Å². The molecule has 1 aliphatic heterocycles. The Labute approximate surface area is 191 Å². The molecule has 7 heteroatoms. The van der Waals surface area contributed by atoms with Crippen LogP contribution in [-0.2, 0) is 14.8 Å². The van der Waals surface area contributed by atoms with Gasteiger partial charge in [0.15, 0.2) is 0 Å². The van der Waals surface area contributed by atoms with Gasteiger partial charge in [0, 0.05) is 19.8 Å². The lowest BCUT2D eigenvalue weighted by Gasteiger charge is -2.28. The second-order valence-electron chi connectivity index (χ2n) is 8.86. The highest BCUT2D eigenvalue weighted by Crippen LogP contribution is 2.31. The van der Waals surface area contributed by atoms with Gasteiger partial charge in [0.25, 0.3) is 10.0 Å². The average Bonchev–Trinajstić information content (AvgIpc) is 2.77. The van der Waals surface area contributed by atoms with Crippen molar-refractivity contribution in [1.29, 1.82) is 5.26 Å². The molecule has 2 aromatic rings. The minimum atomic E-state index is -3.86. The number of aryl methyl sites for hydroxylation is 2. The highest BCUT2D eigenvalue weighted by atomic mass is 32.2. The number of sulfonamides is 1. The average molecular weight is 457 g/mol. The van der Waals surface area contributed by atoms with Crippen LogP contribution in [0.1, 0.15) is 43.4 Å². The van der Waals surface area contributed by atoms with Crippen LogP contribution < -0.4 is 9.04 Å². The van der Waals surface area contributed by atoms with Gasteiger partial charge < -0.3 is 9.47 Å². The zero-order chi connectivity index (χ0) is 23.3. The van der Waals surface area contributed by atoms with Crippen LogP contribution in [0.2, 0.25) is 0 Å². The van der Waals surface area contributed by atoms with E-state index in [1.165, 1.54) is 16.4 Å². The van der Waals surface area contributed by atoms with E-state index in [0.717, 1.165) is 37.2 Å². The van der Waals surface area contributed by atoms with Gasteiger partial charge in [-0.25, -0.2) is 8.42 Å². The molecule has 0 aromatic heterocycles. The summed E-state index contributed by atoms with van der Waals surface area (Å²) < 4.78 is 40.0. The van der Waals surface area contributed by atoms with Crippen molar-refractivity contribution in [3.63, 3.8) is 0 Å². The topological polar surface area (TPSA) is 79.6 Å². The minimum Gasteiger partial charge on any atom is -0.492 e. The molecular weight excluding hydrogens is 424 g/mol. The van der Waals surface area contributed by atoms with E-state index in [9.17, 15) is 13.7 Å². The lowest BCUT2D eigenvalue weighted by molar-refractivity contribution is 0.0497. The molecule has 0 radical (unpaired) electrons. The molecule has 0 amide bonds. The van der Waals surface area contributed by atoms with Gasteiger partial charge in [-0.05, 0) is 68.4 Å². The Balaban J connectivity index is 1.91. The van der Waals surface area contributed by atoms with Crippen LogP contribution in [-0.4, -0.2) is 34.8 Å². The van der Waals surface area contributed by atoms with E-state index in [0.29, 0.717) is 30.5 Å². The Morgan fingerprint density at radius 3 is 2.50 bits per heavy atom. The van der Waals surface area contributed by atoms with Crippen molar-refractivity contribution in [3.8, 4) is 11.8 Å². The molecule has 0 bridgehead atoms. The van der Waals surface area contributed by atoms with Crippen LogP contribution in [0.3, 0.4) is 0 Å². The first-order valence-corrected chi connectivity index (χ1v) is 12.5. The molecule has 1 fully saturated rings. The predicted octanol–water partition coefficient (Wildman–Crippen LogP) is 4.83. The van der Waals surface area contributed by atoms with Crippen LogP contribution in [0.4, 0.5) is 5.69 Å². The number of ether oxygens (including phenoxy) is 2. The number of nitrogens with zero attached hydrogens (tertiary/aromatic N) is 2. The summed E-state index contributed by atoms with van der Waals surface area (Å²) in [4.78, 5) is 0.0908. The molecule has 0 N–H and O–H groups in total. The SMILES string of the molecule is Cc1ccc(N(CC(C)C)S(=O)(=O)c2ccc(OCC3CCOCC3)c(C#N)c2)c(C)c1. The van der Waals surface area contributed by atoms with Crippen LogP contribution in [0.5, 0.6) is 5.75 Å². The Bertz CT molecular complexity index is 1080. The van der Waals surface area contributed by atoms with Crippen molar-refractivity contribution < 1.29 is 17.9 Å². The van der Waals surface area contributed by atoms with Crippen molar-refractivity contribution in [1.82, 2.24) is 0 Å². The molecule has 0 spiro atoms. The summed E-state index contributed by atoms with van der Waals surface area (Å²) in [5.74, 6) is 0.924. The maximum atomic E-state index is 13.7. The van der Waals surface area contributed by atoms with Gasteiger partial charge in [-0.1, -0.05) is 31.5 Å². The Morgan fingerprint density at radius 1 is 1.16 bits per heavy atom. The van der Waals surface area contributed by atoms with Crippen LogP contribution in [0.15, 0.2) is 41.3 Å². The van der Waals surface area contributed by atoms with E-state index < -0.39 is 10.0 Å². The second-order valence-corrected chi connectivity index (χ2v) is 10.7. The van der Waals surface area contributed by atoms with Gasteiger partial charge in [0.1, 0.15) is 11.8 Å². The van der Waals surface area contributed by atoms with E-state index >= 15 is 0 Å². The standard InChI is InChI=1S/C25H32N2O4S/c1-18(2)16-27(24-7-5-19(3)13-20(24)4)32(28,29)23-6-8-25(22(14-23)15-26)31-17-21-9-11-30-12-10-21/h5-8,13-14,18,21H,9-12,16-17H2,1-4H3. The molecule has 3 rings (SSSR count). The number of anilines is 1. The molecule has 1 aliphatic rings. The number of rotatable bonds is 8. The fraction of sp³-hybridized carbons (Fsp3) is 0.480. The van der Waals surface area contributed by atoms with Gasteiger partial charge in [-0.3, -0.25) is 4.31 Å². The number of nitriles is 1.